The van der Waals surface area contributed by atoms with Crippen LogP contribution in [0.4, 0.5) is 9.18 Å². The van der Waals surface area contributed by atoms with E-state index in [4.69, 9.17) is 9.84 Å². The molecule has 1 fully saturated rings. The van der Waals surface area contributed by atoms with Gasteiger partial charge in [0.15, 0.2) is 0 Å². The van der Waals surface area contributed by atoms with Crippen LogP contribution in [-0.4, -0.2) is 47.1 Å². The number of piperidine rings is 1. The van der Waals surface area contributed by atoms with E-state index in [9.17, 15) is 9.18 Å². The maximum Gasteiger partial charge on any atom is 0.410 e. The van der Waals surface area contributed by atoms with Gasteiger partial charge in [0.05, 0.1) is 0 Å². The Hall–Kier alpha value is -0.840. The Morgan fingerprint density at radius 2 is 2.18 bits per heavy atom. The third-order valence-electron chi connectivity index (χ3n) is 2.74. The number of hydrogen-bond donors (Lipinski definition) is 1. The fraction of sp³-hybridized carbons (Fsp3) is 0.917. The van der Waals surface area contributed by atoms with Gasteiger partial charge < -0.3 is 14.7 Å². The van der Waals surface area contributed by atoms with Crippen LogP contribution < -0.4 is 0 Å². The molecule has 0 aromatic heterocycles. The normalized spacial score (nSPS) is 25.8. The summed E-state index contributed by atoms with van der Waals surface area (Å²) in [5.41, 5.74) is -0.548. The van der Waals surface area contributed by atoms with Crippen molar-refractivity contribution in [1.82, 2.24) is 4.90 Å². The average Bonchev–Trinajstić information content (AvgIpc) is 2.15. The largest absolute Gasteiger partial charge is 0.444 e. The number of amides is 1. The van der Waals surface area contributed by atoms with Crippen molar-refractivity contribution in [2.75, 3.05) is 13.2 Å². The first-order chi connectivity index (χ1) is 7.83. The summed E-state index contributed by atoms with van der Waals surface area (Å²) in [6.07, 6.45) is -0.256. The molecular formula is C12H22FNO3. The molecule has 0 saturated carbocycles. The quantitative estimate of drug-likeness (QED) is 0.813. The summed E-state index contributed by atoms with van der Waals surface area (Å²) in [6, 6.07) is -0.251. The van der Waals surface area contributed by atoms with Crippen LogP contribution in [0.2, 0.25) is 0 Å². The van der Waals surface area contributed by atoms with Gasteiger partial charge in [0.25, 0.3) is 0 Å². The Morgan fingerprint density at radius 1 is 1.53 bits per heavy atom. The first-order valence-corrected chi connectivity index (χ1v) is 6.08. The van der Waals surface area contributed by atoms with Crippen LogP contribution in [0, 0.1) is 0 Å². The fourth-order valence-electron chi connectivity index (χ4n) is 1.99. The molecule has 0 radical (unpaired) electrons. The van der Waals surface area contributed by atoms with Gasteiger partial charge in [-0.15, -0.1) is 0 Å². The maximum absolute atomic E-state index is 13.3. The van der Waals surface area contributed by atoms with E-state index in [2.05, 4.69) is 0 Å². The third kappa shape index (κ3) is 4.50. The second-order valence-electron chi connectivity index (χ2n) is 5.46. The lowest BCUT2D eigenvalue weighted by Gasteiger charge is -2.37. The van der Waals surface area contributed by atoms with Gasteiger partial charge in [0.2, 0.25) is 0 Å². The highest BCUT2D eigenvalue weighted by Crippen LogP contribution is 2.24. The Bertz CT molecular complexity index is 265. The number of halogens is 1. The molecule has 17 heavy (non-hydrogen) atoms. The number of hydrogen-bond acceptors (Lipinski definition) is 3. The number of ether oxygens (including phenoxy) is 1. The van der Waals surface area contributed by atoms with Crippen LogP contribution >= 0.6 is 0 Å². The first kappa shape index (κ1) is 14.2. The van der Waals surface area contributed by atoms with Crippen LogP contribution in [0.3, 0.4) is 0 Å². The number of carbonyl (C=O) groups excluding carboxylic acids is 1. The Balaban J connectivity index is 2.62. The highest BCUT2D eigenvalue weighted by Gasteiger charge is 2.33. The summed E-state index contributed by atoms with van der Waals surface area (Å²) in [5, 5.41) is 8.94. The minimum atomic E-state index is -0.884. The monoisotopic (exact) mass is 247 g/mol. The smallest absolute Gasteiger partial charge is 0.410 e. The number of aliphatic hydroxyl groups excluding tert-OH is 1. The van der Waals surface area contributed by atoms with Crippen LogP contribution in [-0.2, 0) is 4.74 Å². The van der Waals surface area contributed by atoms with Gasteiger partial charge in [-0.2, -0.15) is 0 Å². The van der Waals surface area contributed by atoms with Gasteiger partial charge in [-0.05, 0) is 40.0 Å². The van der Waals surface area contributed by atoms with Crippen molar-refractivity contribution in [1.29, 1.82) is 0 Å². The molecule has 1 aliphatic rings. The zero-order chi connectivity index (χ0) is 13.1. The molecule has 1 N–H and O–H groups in total. The molecule has 0 aromatic rings. The SMILES string of the molecule is CC(C)(C)OC(=O)N1CC[C@H](F)C[C@@H]1CCO. The lowest BCUT2D eigenvalue weighted by molar-refractivity contribution is -0.00126. The number of nitrogens with zero attached hydrogens (tertiary/aromatic N) is 1. The van der Waals surface area contributed by atoms with E-state index in [0.29, 0.717) is 25.8 Å². The van der Waals surface area contributed by atoms with E-state index in [0.717, 1.165) is 0 Å². The molecule has 1 amide bonds. The standard InChI is InChI=1S/C12H22FNO3/c1-12(2,3)17-11(16)14-6-4-9(13)8-10(14)5-7-15/h9-10,15H,4-8H2,1-3H3/t9-,10-/m0/s1. The van der Waals surface area contributed by atoms with E-state index in [-0.39, 0.29) is 12.6 Å². The Labute approximate surface area is 102 Å². The molecule has 0 aliphatic carbocycles. The molecule has 0 aromatic carbocycles. The minimum absolute atomic E-state index is 0.0450. The van der Waals surface area contributed by atoms with Gasteiger partial charge in [0.1, 0.15) is 11.8 Å². The minimum Gasteiger partial charge on any atom is -0.444 e. The van der Waals surface area contributed by atoms with Crippen LogP contribution in [0.5, 0.6) is 0 Å². The predicted molar refractivity (Wildman–Crippen MR) is 62.6 cm³/mol. The summed E-state index contributed by atoms with van der Waals surface area (Å²) in [6.45, 7) is 5.72. The van der Waals surface area contributed by atoms with Crippen LogP contribution in [0.1, 0.15) is 40.0 Å². The summed E-state index contributed by atoms with van der Waals surface area (Å²) >= 11 is 0. The van der Waals surface area contributed by atoms with Crippen molar-refractivity contribution >= 4 is 6.09 Å². The Kier molecular flexibility index (Phi) is 4.74. The van der Waals surface area contributed by atoms with E-state index in [1.807, 2.05) is 0 Å². The Morgan fingerprint density at radius 3 is 2.71 bits per heavy atom. The number of rotatable bonds is 2. The molecule has 0 bridgehead atoms. The van der Waals surface area contributed by atoms with Gasteiger partial charge in [-0.25, -0.2) is 9.18 Å². The van der Waals surface area contributed by atoms with Gasteiger partial charge in [-0.1, -0.05) is 0 Å². The van der Waals surface area contributed by atoms with Crippen molar-refractivity contribution in [2.24, 2.45) is 0 Å². The van der Waals surface area contributed by atoms with E-state index in [1.54, 1.807) is 20.8 Å². The predicted octanol–water partition coefficient (Wildman–Crippen LogP) is 2.11. The lowest BCUT2D eigenvalue weighted by Crippen LogP contribution is -2.48. The van der Waals surface area contributed by atoms with E-state index < -0.39 is 17.9 Å². The van der Waals surface area contributed by atoms with Gasteiger partial charge >= 0.3 is 6.09 Å². The molecule has 1 rings (SSSR count). The highest BCUT2D eigenvalue weighted by atomic mass is 19.1. The molecule has 1 heterocycles. The zero-order valence-electron chi connectivity index (χ0n) is 10.8. The number of likely N-dealkylation sites (tertiary alicyclic amines) is 1. The summed E-state index contributed by atoms with van der Waals surface area (Å²) in [7, 11) is 0. The molecular weight excluding hydrogens is 225 g/mol. The molecule has 1 aliphatic heterocycles. The molecule has 0 unspecified atom stereocenters. The van der Waals surface area contributed by atoms with Crippen molar-refractivity contribution in [3.8, 4) is 0 Å². The third-order valence-corrected chi connectivity index (χ3v) is 2.74. The lowest BCUT2D eigenvalue weighted by atomic mass is 9.98. The second-order valence-corrected chi connectivity index (χ2v) is 5.46. The highest BCUT2D eigenvalue weighted by molar-refractivity contribution is 5.68. The van der Waals surface area contributed by atoms with Crippen molar-refractivity contribution in [3.05, 3.63) is 0 Å². The molecule has 5 heteroatoms. The molecule has 100 valence electrons. The van der Waals surface area contributed by atoms with Gasteiger partial charge in [0, 0.05) is 19.2 Å². The average molecular weight is 247 g/mol. The van der Waals surface area contributed by atoms with E-state index >= 15 is 0 Å². The maximum atomic E-state index is 13.3. The number of aliphatic hydroxyl groups is 1. The van der Waals surface area contributed by atoms with Crippen molar-refractivity contribution in [2.45, 2.75) is 57.8 Å². The zero-order valence-corrected chi connectivity index (χ0v) is 10.8. The molecule has 4 nitrogen and oxygen atoms in total. The molecule has 2 atom stereocenters. The molecule has 1 saturated heterocycles. The first-order valence-electron chi connectivity index (χ1n) is 6.08. The number of carbonyl (C=O) groups is 1. The summed E-state index contributed by atoms with van der Waals surface area (Å²) < 4.78 is 18.5. The van der Waals surface area contributed by atoms with Gasteiger partial charge in [-0.3, -0.25) is 0 Å². The summed E-state index contributed by atoms with van der Waals surface area (Å²) in [5.74, 6) is 0. The van der Waals surface area contributed by atoms with E-state index in [1.165, 1.54) is 4.90 Å². The molecule has 0 spiro atoms. The topological polar surface area (TPSA) is 49.8 Å². The van der Waals surface area contributed by atoms with Crippen molar-refractivity contribution in [3.63, 3.8) is 0 Å². The van der Waals surface area contributed by atoms with Crippen LogP contribution in [0.25, 0.3) is 0 Å². The summed E-state index contributed by atoms with van der Waals surface area (Å²) in [4.78, 5) is 13.4. The van der Waals surface area contributed by atoms with Crippen molar-refractivity contribution < 1.29 is 19.0 Å². The van der Waals surface area contributed by atoms with Crippen LogP contribution in [0.15, 0.2) is 0 Å². The number of alkyl halides is 1. The fourth-order valence-corrected chi connectivity index (χ4v) is 1.99. The second kappa shape index (κ2) is 5.67.